The first kappa shape index (κ1) is 27.6. The van der Waals surface area contributed by atoms with Crippen LogP contribution in [0.4, 0.5) is 5.69 Å². The topological polar surface area (TPSA) is 134 Å². The number of sulfonamides is 1. The van der Waals surface area contributed by atoms with Crippen molar-refractivity contribution in [2.75, 3.05) is 11.3 Å². The molecular weight excluding hydrogens is 528 g/mol. The van der Waals surface area contributed by atoms with Crippen molar-refractivity contribution in [2.45, 2.75) is 43.4 Å². The van der Waals surface area contributed by atoms with E-state index in [0.717, 1.165) is 0 Å². The number of aromatic nitrogens is 2. The van der Waals surface area contributed by atoms with E-state index in [0.29, 0.717) is 35.2 Å². The lowest BCUT2D eigenvalue weighted by Crippen LogP contribution is -2.42. The van der Waals surface area contributed by atoms with Crippen LogP contribution in [0.1, 0.15) is 42.3 Å². The highest BCUT2D eigenvalue weighted by Crippen LogP contribution is 2.28. The van der Waals surface area contributed by atoms with Crippen LogP contribution in [0.5, 0.6) is 0 Å². The van der Waals surface area contributed by atoms with Crippen molar-refractivity contribution in [3.05, 3.63) is 89.2 Å². The predicted molar refractivity (Wildman–Crippen MR) is 147 cm³/mol. The Balaban J connectivity index is 1.39. The molecule has 1 heterocycles. The molecule has 4 aromatic rings. The lowest BCUT2D eigenvalue weighted by molar-refractivity contribution is 0.0697. The molecule has 0 amide bonds. The number of aryl methyl sites for hydroxylation is 1. The molecule has 9 nitrogen and oxygen atoms in total. The van der Waals surface area contributed by atoms with E-state index >= 15 is 0 Å². The number of nitrogens with zero attached hydrogens (tertiary/aromatic N) is 2. The van der Waals surface area contributed by atoms with Gasteiger partial charge in [0.15, 0.2) is 0 Å². The third-order valence-corrected chi connectivity index (χ3v) is 8.06. The van der Waals surface area contributed by atoms with Gasteiger partial charge in [0.2, 0.25) is 0 Å². The minimum atomic E-state index is -3.74. The molecule has 0 radical (unpaired) electrons. The number of fused-ring (bicyclic) bond motifs is 1. The molecule has 3 aromatic carbocycles. The molecule has 0 aliphatic carbocycles. The minimum Gasteiger partial charge on any atom is -0.478 e. The molecule has 0 saturated heterocycles. The van der Waals surface area contributed by atoms with Crippen LogP contribution in [0.2, 0.25) is 5.02 Å². The Hall–Kier alpha value is -3.44. The second kappa shape index (κ2) is 11.1. The summed E-state index contributed by atoms with van der Waals surface area (Å²) in [6.07, 6.45) is 1.39. The summed E-state index contributed by atoms with van der Waals surface area (Å²) >= 11 is 6.36. The maximum Gasteiger partial charge on any atom is 0.337 e. The first-order valence-electron chi connectivity index (χ1n) is 11.9. The van der Waals surface area contributed by atoms with Crippen molar-refractivity contribution >= 4 is 44.3 Å². The van der Waals surface area contributed by atoms with Crippen LogP contribution in [-0.2, 0) is 16.6 Å². The maximum absolute atomic E-state index is 12.6. The van der Waals surface area contributed by atoms with Crippen LogP contribution in [0.15, 0.2) is 78.0 Å². The van der Waals surface area contributed by atoms with Gasteiger partial charge in [-0.1, -0.05) is 41.9 Å². The van der Waals surface area contributed by atoms with E-state index in [1.807, 2.05) is 18.4 Å². The smallest absolute Gasteiger partial charge is 0.337 e. The molecule has 0 spiro atoms. The van der Waals surface area contributed by atoms with E-state index in [-0.39, 0.29) is 22.0 Å². The second-order valence-corrected chi connectivity index (χ2v) is 11.7. The van der Waals surface area contributed by atoms with Crippen LogP contribution in [0.25, 0.3) is 11.0 Å². The summed E-state index contributed by atoms with van der Waals surface area (Å²) in [5.41, 5.74) is 1.72. The van der Waals surface area contributed by atoms with E-state index in [4.69, 9.17) is 11.6 Å². The van der Waals surface area contributed by atoms with Crippen molar-refractivity contribution in [1.29, 1.82) is 0 Å². The van der Waals surface area contributed by atoms with Gasteiger partial charge in [-0.3, -0.25) is 4.72 Å². The molecule has 0 fully saturated rings. The zero-order valence-corrected chi connectivity index (χ0v) is 22.5. The summed E-state index contributed by atoms with van der Waals surface area (Å²) in [7, 11) is -3.74. The van der Waals surface area contributed by atoms with Gasteiger partial charge in [0, 0.05) is 24.3 Å². The standard InChI is InChI=1S/C27H29ClN4O5S/c1-27(2,13-14-32-17-29-22-12-11-21(26(34)35)24(28)25(22)32)30-16-23(33)18-7-6-8-19(15-18)31-38(36,37)20-9-4-3-5-10-20/h3-12,15,17,23,30-31,33H,13-14,16H2,1-2H3,(H,34,35)/t23-/m1/s1. The highest BCUT2D eigenvalue weighted by Gasteiger charge is 2.22. The molecule has 0 aliphatic heterocycles. The Morgan fingerprint density at radius 3 is 2.55 bits per heavy atom. The molecule has 200 valence electrons. The fourth-order valence-corrected chi connectivity index (χ4v) is 5.48. The van der Waals surface area contributed by atoms with Gasteiger partial charge < -0.3 is 20.1 Å². The number of β-amino-alcohol motifs (C(OH)–C–C–N with tert-alkyl or cyclic N) is 1. The van der Waals surface area contributed by atoms with Gasteiger partial charge >= 0.3 is 5.97 Å². The summed E-state index contributed by atoms with van der Waals surface area (Å²) in [6, 6.07) is 17.8. The number of nitrogens with one attached hydrogen (secondary N) is 2. The Labute approximate surface area is 226 Å². The molecule has 11 heteroatoms. The number of imidazole rings is 1. The lowest BCUT2D eigenvalue weighted by atomic mass is 9.99. The third-order valence-electron chi connectivity index (χ3n) is 6.28. The number of aromatic carboxylic acids is 1. The van der Waals surface area contributed by atoms with Gasteiger partial charge in [0.05, 0.1) is 38.9 Å². The maximum atomic E-state index is 12.6. The van der Waals surface area contributed by atoms with Gasteiger partial charge in [0.1, 0.15) is 0 Å². The lowest BCUT2D eigenvalue weighted by Gasteiger charge is -2.28. The van der Waals surface area contributed by atoms with Gasteiger partial charge in [-0.2, -0.15) is 0 Å². The molecule has 38 heavy (non-hydrogen) atoms. The number of rotatable bonds is 11. The van der Waals surface area contributed by atoms with Crippen LogP contribution in [-0.4, -0.2) is 46.2 Å². The number of aliphatic hydroxyl groups excluding tert-OH is 1. The molecule has 0 unspecified atom stereocenters. The number of halogens is 1. The van der Waals surface area contributed by atoms with Crippen LogP contribution < -0.4 is 10.0 Å². The first-order chi connectivity index (χ1) is 18.0. The van der Waals surface area contributed by atoms with E-state index in [2.05, 4.69) is 15.0 Å². The summed E-state index contributed by atoms with van der Waals surface area (Å²) in [5.74, 6) is -1.10. The Bertz CT molecular complexity index is 1550. The largest absolute Gasteiger partial charge is 0.478 e. The van der Waals surface area contributed by atoms with Crippen molar-refractivity contribution in [3.8, 4) is 0 Å². The fraction of sp³-hybridized carbons (Fsp3) is 0.259. The molecular formula is C27H29ClN4O5S. The molecule has 0 aliphatic rings. The molecule has 1 aromatic heterocycles. The van der Waals surface area contributed by atoms with E-state index < -0.39 is 27.6 Å². The zero-order chi connectivity index (χ0) is 27.5. The number of anilines is 1. The van der Waals surface area contributed by atoms with Gasteiger partial charge in [-0.05, 0) is 62.2 Å². The number of hydrogen-bond acceptors (Lipinski definition) is 6. The quantitative estimate of drug-likeness (QED) is 0.211. The molecule has 0 bridgehead atoms. The Morgan fingerprint density at radius 1 is 1.11 bits per heavy atom. The summed E-state index contributed by atoms with van der Waals surface area (Å²) in [6.45, 7) is 4.74. The SMILES string of the molecule is CC(C)(CCn1cnc2ccc(C(=O)O)c(Cl)c21)NC[C@@H](O)c1cccc(NS(=O)(=O)c2ccccc2)c1. The summed E-state index contributed by atoms with van der Waals surface area (Å²) < 4.78 is 29.6. The van der Waals surface area contributed by atoms with E-state index in [1.54, 1.807) is 54.9 Å². The highest BCUT2D eigenvalue weighted by molar-refractivity contribution is 7.92. The number of carbonyl (C=O) groups is 1. The molecule has 1 atom stereocenters. The average Bonchev–Trinajstić information content (AvgIpc) is 3.31. The van der Waals surface area contributed by atoms with Crippen LogP contribution >= 0.6 is 11.6 Å². The fourth-order valence-electron chi connectivity index (χ4n) is 4.06. The van der Waals surface area contributed by atoms with Gasteiger partial charge in [0.25, 0.3) is 10.0 Å². The molecule has 4 rings (SSSR count). The zero-order valence-electron chi connectivity index (χ0n) is 20.9. The van der Waals surface area contributed by atoms with E-state index in [9.17, 15) is 23.4 Å². The predicted octanol–water partition coefficient (Wildman–Crippen LogP) is 4.68. The second-order valence-electron chi connectivity index (χ2n) is 9.61. The van der Waals surface area contributed by atoms with Crippen molar-refractivity contribution in [3.63, 3.8) is 0 Å². The number of benzene rings is 3. The van der Waals surface area contributed by atoms with Crippen molar-refractivity contribution in [2.24, 2.45) is 0 Å². The average molecular weight is 557 g/mol. The third kappa shape index (κ3) is 6.33. The Kier molecular flexibility index (Phi) is 8.08. The Morgan fingerprint density at radius 2 is 1.84 bits per heavy atom. The van der Waals surface area contributed by atoms with Crippen LogP contribution in [0.3, 0.4) is 0 Å². The number of hydrogen-bond donors (Lipinski definition) is 4. The van der Waals surface area contributed by atoms with Crippen molar-refractivity contribution < 1.29 is 23.4 Å². The number of aliphatic hydroxyl groups is 1. The normalized spacial score (nSPS) is 12.9. The number of carboxylic acids is 1. The van der Waals surface area contributed by atoms with E-state index in [1.165, 1.54) is 18.2 Å². The van der Waals surface area contributed by atoms with Gasteiger partial charge in [-0.25, -0.2) is 18.2 Å². The monoisotopic (exact) mass is 556 g/mol. The first-order valence-corrected chi connectivity index (χ1v) is 13.8. The highest BCUT2D eigenvalue weighted by atomic mass is 35.5. The van der Waals surface area contributed by atoms with Gasteiger partial charge in [-0.15, -0.1) is 0 Å². The summed E-state index contributed by atoms with van der Waals surface area (Å²) in [4.78, 5) is 15.9. The number of carboxylic acid groups (broad SMARTS) is 1. The van der Waals surface area contributed by atoms with Crippen molar-refractivity contribution in [1.82, 2.24) is 14.9 Å². The molecule has 4 N–H and O–H groups in total. The minimum absolute atomic E-state index is 0.0229. The molecule has 0 saturated carbocycles. The summed E-state index contributed by atoms with van der Waals surface area (Å²) in [5, 5.41) is 23.7. The van der Waals surface area contributed by atoms with Crippen LogP contribution in [0, 0.1) is 0 Å².